The molecule has 0 aliphatic carbocycles. The van der Waals surface area contributed by atoms with Crippen molar-refractivity contribution in [2.24, 2.45) is 0 Å². The van der Waals surface area contributed by atoms with E-state index in [-0.39, 0.29) is 17.8 Å². The Kier molecular flexibility index (Phi) is 5.98. The number of imidazole rings is 1. The molecule has 0 amide bonds. The largest absolute Gasteiger partial charge is 0.292 e. The van der Waals surface area contributed by atoms with E-state index in [2.05, 4.69) is 121 Å². The molecule has 0 saturated heterocycles. The van der Waals surface area contributed by atoms with Crippen LogP contribution in [-0.2, 0) is 0 Å². The second-order valence-corrected chi connectivity index (χ2v) is 14.6. The summed E-state index contributed by atoms with van der Waals surface area (Å²) in [6, 6.07) is 55.4. The lowest BCUT2D eigenvalue weighted by Gasteiger charge is -2.19. The summed E-state index contributed by atoms with van der Waals surface area (Å²) >= 11 is 1.82. The van der Waals surface area contributed by atoms with Gasteiger partial charge in [0.2, 0.25) is 0 Å². The summed E-state index contributed by atoms with van der Waals surface area (Å²) in [6.45, 7) is 0. The molecule has 54 heavy (non-hydrogen) atoms. The van der Waals surface area contributed by atoms with Crippen molar-refractivity contribution in [1.82, 2.24) is 9.55 Å². The van der Waals surface area contributed by atoms with Crippen LogP contribution >= 0.6 is 11.3 Å². The number of para-hydroxylation sites is 3. The number of nitrogens with zero attached hydrogens (tertiary/aromatic N) is 2. The van der Waals surface area contributed by atoms with Crippen LogP contribution in [0, 0.1) is 0 Å². The van der Waals surface area contributed by atoms with E-state index < -0.39 is 18.1 Å². The van der Waals surface area contributed by atoms with Crippen LogP contribution in [0.3, 0.4) is 0 Å². The minimum absolute atomic E-state index is 0.0640. The fraction of sp³-hybridized carbons (Fsp3) is 0. The monoisotopic (exact) mass is 709 g/mol. The maximum absolute atomic E-state index is 8.93. The van der Waals surface area contributed by atoms with Gasteiger partial charge in [-0.2, -0.15) is 0 Å². The van der Waals surface area contributed by atoms with E-state index in [1.54, 1.807) is 4.57 Å². The van der Waals surface area contributed by atoms with Crippen LogP contribution in [-0.4, -0.2) is 9.55 Å². The molecule has 0 spiro atoms. The van der Waals surface area contributed by atoms with Crippen LogP contribution in [0.15, 0.2) is 194 Å². The Balaban J connectivity index is 1.20. The topological polar surface area (TPSA) is 17.8 Å². The van der Waals surface area contributed by atoms with E-state index in [0.29, 0.717) is 16.9 Å². The molecular weight excluding hydrogens is 673 g/mol. The summed E-state index contributed by atoms with van der Waals surface area (Å²) < 4.78 is 47.4. The molecule has 2 nitrogen and oxygen atoms in total. The molecule has 0 aliphatic rings. The van der Waals surface area contributed by atoms with Gasteiger partial charge >= 0.3 is 0 Å². The highest BCUT2D eigenvalue weighted by Gasteiger charge is 2.20. The standard InChI is InChI=1S/C51H32N2S/c1-3-14-33(15-4-1)34-26-28-42-44(31-34)50(36-27-29-48-43(32-36)39-20-9-12-25-47(39)54-48)41-22-8-7-21-40(41)49(42)35-16-13-17-37(30-35)51-52-45-23-10-11-24-46(45)53(51)38-18-5-2-6-19-38/h1-32H/i2D,5D,6D,18D,19D. The molecule has 0 atom stereocenters. The SMILES string of the molecule is [2H]c1c([2H])c([2H])c(-n2c(-c3cccc(-c4c5ccccc5c(-c5ccc6sc7ccccc7c6c5)c5cc(-c6ccccc6)ccc45)c3)nc3ccccc32)c([2H])c1[2H]. The normalized spacial score (nSPS) is 13.0. The lowest BCUT2D eigenvalue weighted by atomic mass is 9.84. The maximum Gasteiger partial charge on any atom is 0.145 e. The molecule has 0 N–H and O–H groups in total. The molecule has 3 heteroatoms. The zero-order chi connectivity index (χ0) is 39.9. The van der Waals surface area contributed by atoms with Gasteiger partial charge in [0.1, 0.15) is 5.82 Å². The third-order valence-electron chi connectivity index (χ3n) is 10.5. The molecule has 11 aromatic rings. The third-order valence-corrected chi connectivity index (χ3v) is 11.6. The maximum atomic E-state index is 8.93. The van der Waals surface area contributed by atoms with Gasteiger partial charge in [-0.3, -0.25) is 4.57 Å². The van der Waals surface area contributed by atoms with Gasteiger partial charge in [0.15, 0.2) is 0 Å². The lowest BCUT2D eigenvalue weighted by Crippen LogP contribution is -1.97. The first kappa shape index (κ1) is 26.0. The van der Waals surface area contributed by atoms with Crippen molar-refractivity contribution < 1.29 is 6.85 Å². The van der Waals surface area contributed by atoms with Crippen molar-refractivity contribution >= 4 is 64.1 Å². The van der Waals surface area contributed by atoms with Crippen molar-refractivity contribution in [3.63, 3.8) is 0 Å². The summed E-state index contributed by atoms with van der Waals surface area (Å²) in [4.78, 5) is 5.05. The smallest absolute Gasteiger partial charge is 0.145 e. The van der Waals surface area contributed by atoms with Crippen LogP contribution in [0.25, 0.3) is 103 Å². The Hall–Kier alpha value is -6.81. The highest BCUT2D eigenvalue weighted by molar-refractivity contribution is 7.25. The zero-order valence-corrected chi connectivity index (χ0v) is 29.7. The highest BCUT2D eigenvalue weighted by Crippen LogP contribution is 2.47. The molecule has 0 bridgehead atoms. The van der Waals surface area contributed by atoms with Crippen LogP contribution < -0.4 is 0 Å². The number of hydrogen-bond acceptors (Lipinski definition) is 2. The summed E-state index contributed by atoms with van der Waals surface area (Å²) in [5.41, 5.74) is 8.77. The van der Waals surface area contributed by atoms with Gasteiger partial charge in [-0.25, -0.2) is 4.98 Å². The molecule has 0 radical (unpaired) electrons. The fourth-order valence-corrected chi connectivity index (χ4v) is 9.19. The number of rotatable bonds is 5. The Morgan fingerprint density at radius 2 is 1.04 bits per heavy atom. The van der Waals surface area contributed by atoms with Gasteiger partial charge in [-0.15, -0.1) is 11.3 Å². The molecule has 252 valence electrons. The van der Waals surface area contributed by atoms with E-state index >= 15 is 0 Å². The molecule has 11 rings (SSSR count). The van der Waals surface area contributed by atoms with E-state index in [9.17, 15) is 0 Å². The molecule has 0 fully saturated rings. The van der Waals surface area contributed by atoms with E-state index in [1.807, 2.05) is 53.8 Å². The van der Waals surface area contributed by atoms with Crippen molar-refractivity contribution in [2.45, 2.75) is 0 Å². The second-order valence-electron chi connectivity index (χ2n) is 13.5. The molecule has 2 heterocycles. The molecule has 9 aromatic carbocycles. The van der Waals surface area contributed by atoms with Crippen LogP contribution in [0.5, 0.6) is 0 Å². The molecule has 0 saturated carbocycles. The molecule has 0 unspecified atom stereocenters. The third kappa shape index (κ3) is 4.90. The number of benzene rings is 9. The van der Waals surface area contributed by atoms with E-state index in [4.69, 9.17) is 11.8 Å². The Bertz CT molecular complexity index is 3490. The Morgan fingerprint density at radius 3 is 1.89 bits per heavy atom. The fourth-order valence-electron chi connectivity index (χ4n) is 8.11. The van der Waals surface area contributed by atoms with E-state index in [1.165, 1.54) is 25.7 Å². The lowest BCUT2D eigenvalue weighted by molar-refractivity contribution is 1.10. The van der Waals surface area contributed by atoms with Crippen LogP contribution in [0.1, 0.15) is 6.85 Å². The van der Waals surface area contributed by atoms with Gasteiger partial charge in [0.05, 0.1) is 17.9 Å². The Morgan fingerprint density at radius 1 is 0.426 bits per heavy atom. The number of thiophene rings is 1. The predicted octanol–water partition coefficient (Wildman–Crippen LogP) is 14.4. The summed E-state index contributed by atoms with van der Waals surface area (Å²) in [5.74, 6) is 0.486. The van der Waals surface area contributed by atoms with Crippen LogP contribution in [0.2, 0.25) is 0 Å². The average molecular weight is 710 g/mol. The zero-order valence-electron chi connectivity index (χ0n) is 33.9. The Labute approximate surface area is 323 Å². The van der Waals surface area contributed by atoms with Crippen molar-refractivity contribution in [3.05, 3.63) is 194 Å². The average Bonchev–Trinajstić information content (AvgIpc) is 3.85. The quantitative estimate of drug-likeness (QED) is 0.163. The number of hydrogen-bond donors (Lipinski definition) is 0. The van der Waals surface area contributed by atoms with E-state index in [0.717, 1.165) is 54.9 Å². The van der Waals surface area contributed by atoms with Crippen LogP contribution in [0.4, 0.5) is 0 Å². The van der Waals surface area contributed by atoms with Gasteiger partial charge in [0.25, 0.3) is 0 Å². The number of aromatic nitrogens is 2. The minimum atomic E-state index is -0.432. The summed E-state index contributed by atoms with van der Waals surface area (Å²) in [7, 11) is 0. The highest BCUT2D eigenvalue weighted by atomic mass is 32.1. The van der Waals surface area contributed by atoms with Gasteiger partial charge in [-0.05, 0) is 109 Å². The van der Waals surface area contributed by atoms with Crippen molar-refractivity contribution in [3.8, 4) is 50.5 Å². The first-order chi connectivity index (χ1) is 28.9. The first-order valence-electron chi connectivity index (χ1n) is 20.5. The van der Waals surface area contributed by atoms with Gasteiger partial charge < -0.3 is 0 Å². The molecule has 2 aromatic heterocycles. The predicted molar refractivity (Wildman–Crippen MR) is 231 cm³/mol. The molecule has 0 aliphatic heterocycles. The van der Waals surface area contributed by atoms with Gasteiger partial charge in [0, 0.05) is 31.4 Å². The summed E-state index contributed by atoms with van der Waals surface area (Å²) in [6.07, 6.45) is 0. The van der Waals surface area contributed by atoms with Crippen molar-refractivity contribution in [1.29, 1.82) is 0 Å². The second kappa shape index (κ2) is 12.4. The van der Waals surface area contributed by atoms with Gasteiger partial charge in [-0.1, -0.05) is 139 Å². The number of fused-ring (bicyclic) bond motifs is 6. The van der Waals surface area contributed by atoms with Crippen molar-refractivity contribution in [2.75, 3.05) is 0 Å². The summed E-state index contributed by atoms with van der Waals surface area (Å²) in [5, 5.41) is 6.99. The minimum Gasteiger partial charge on any atom is -0.292 e. The molecular formula is C51H32N2S. The first-order valence-corrected chi connectivity index (χ1v) is 18.8.